The molecule has 0 aliphatic carbocycles. The fourth-order valence-electron chi connectivity index (χ4n) is 1.29. The van der Waals surface area contributed by atoms with Crippen molar-refractivity contribution in [2.45, 2.75) is 5.75 Å². The van der Waals surface area contributed by atoms with E-state index in [0.717, 1.165) is 0 Å². The highest BCUT2D eigenvalue weighted by molar-refractivity contribution is 9.10. The zero-order valence-electron chi connectivity index (χ0n) is 8.87. The van der Waals surface area contributed by atoms with Crippen LogP contribution in [0.2, 0.25) is 0 Å². The Bertz CT molecular complexity index is 597. The van der Waals surface area contributed by atoms with Crippen molar-refractivity contribution in [3.05, 3.63) is 38.3 Å². The van der Waals surface area contributed by atoms with Gasteiger partial charge in [-0.2, -0.15) is 0 Å². The van der Waals surface area contributed by atoms with Crippen molar-refractivity contribution in [1.82, 2.24) is 0 Å². The summed E-state index contributed by atoms with van der Waals surface area (Å²) < 4.78 is 23.0. The molecule has 0 atom stereocenters. The molecule has 0 amide bonds. The summed E-state index contributed by atoms with van der Waals surface area (Å²) in [6, 6.07) is 3.95. The first kappa shape index (κ1) is 14.6. The summed E-state index contributed by atoms with van der Waals surface area (Å²) in [7, 11) is -3.85. The fourth-order valence-corrected chi connectivity index (χ4v) is 3.22. The number of nitrogens with zero attached hydrogens (tertiary/aromatic N) is 1. The Morgan fingerprint density at radius 3 is 2.56 bits per heavy atom. The van der Waals surface area contributed by atoms with E-state index in [0.29, 0.717) is 0 Å². The van der Waals surface area contributed by atoms with E-state index in [1.807, 2.05) is 0 Å². The number of sulfone groups is 1. The van der Waals surface area contributed by atoms with Crippen LogP contribution in [0.5, 0.6) is 0 Å². The Kier molecular flexibility index (Phi) is 4.41. The number of rotatable bonds is 5. The number of carbonyl (C=O) groups is 1. The third-order valence-corrected chi connectivity index (χ3v) is 4.33. The van der Waals surface area contributed by atoms with Crippen LogP contribution in [0.15, 0.2) is 22.7 Å². The fraction of sp³-hybridized carbons (Fsp3) is 0.222. The van der Waals surface area contributed by atoms with E-state index >= 15 is 0 Å². The van der Waals surface area contributed by atoms with Gasteiger partial charge in [0.2, 0.25) is 0 Å². The van der Waals surface area contributed by atoms with Crippen LogP contribution in [0.3, 0.4) is 0 Å². The van der Waals surface area contributed by atoms with E-state index in [1.54, 1.807) is 0 Å². The second kappa shape index (κ2) is 5.44. The van der Waals surface area contributed by atoms with Crippen LogP contribution in [0, 0.1) is 10.1 Å². The van der Waals surface area contributed by atoms with Crippen molar-refractivity contribution in [1.29, 1.82) is 0 Å². The van der Waals surface area contributed by atoms with Crippen molar-refractivity contribution in [3.8, 4) is 0 Å². The number of nitro groups is 1. The lowest BCUT2D eigenvalue weighted by atomic mass is 10.2. The summed E-state index contributed by atoms with van der Waals surface area (Å²) in [4.78, 5) is 20.4. The average molecular weight is 338 g/mol. The second-order valence-electron chi connectivity index (χ2n) is 3.43. The summed E-state index contributed by atoms with van der Waals surface area (Å²) in [6.07, 6.45) is 0. The van der Waals surface area contributed by atoms with E-state index in [-0.39, 0.29) is 15.7 Å². The molecular formula is C9H8BrNO6S. The predicted molar refractivity (Wildman–Crippen MR) is 65.9 cm³/mol. The van der Waals surface area contributed by atoms with Gasteiger partial charge in [-0.25, -0.2) is 8.42 Å². The van der Waals surface area contributed by atoms with E-state index in [4.69, 9.17) is 5.11 Å². The largest absolute Gasteiger partial charge is 0.480 e. The quantitative estimate of drug-likeness (QED) is 0.640. The number of hydrogen-bond donors (Lipinski definition) is 1. The summed E-state index contributed by atoms with van der Waals surface area (Å²) in [5.41, 5.74) is -0.108. The summed E-state index contributed by atoms with van der Waals surface area (Å²) in [6.45, 7) is 0. The van der Waals surface area contributed by atoms with Gasteiger partial charge in [-0.05, 0) is 21.5 Å². The highest BCUT2D eigenvalue weighted by Crippen LogP contribution is 2.29. The molecule has 1 aromatic carbocycles. The molecule has 1 rings (SSSR count). The van der Waals surface area contributed by atoms with Crippen LogP contribution in [0.1, 0.15) is 5.56 Å². The maximum Gasteiger partial charge on any atom is 0.318 e. The maximum absolute atomic E-state index is 11.5. The van der Waals surface area contributed by atoms with Crippen LogP contribution < -0.4 is 0 Å². The van der Waals surface area contributed by atoms with Gasteiger partial charge in [0.25, 0.3) is 5.69 Å². The highest BCUT2D eigenvalue weighted by Gasteiger charge is 2.21. The lowest BCUT2D eigenvalue weighted by Gasteiger charge is -2.05. The Morgan fingerprint density at radius 2 is 2.06 bits per heavy atom. The molecule has 0 aliphatic rings. The number of benzene rings is 1. The van der Waals surface area contributed by atoms with Crippen LogP contribution in [-0.2, 0) is 20.4 Å². The molecule has 7 nitrogen and oxygen atoms in total. The molecule has 0 saturated carbocycles. The Labute approximate surface area is 111 Å². The van der Waals surface area contributed by atoms with Gasteiger partial charge < -0.3 is 5.11 Å². The van der Waals surface area contributed by atoms with Gasteiger partial charge >= 0.3 is 5.97 Å². The Morgan fingerprint density at radius 1 is 1.44 bits per heavy atom. The molecule has 9 heteroatoms. The lowest BCUT2D eigenvalue weighted by molar-refractivity contribution is -0.385. The maximum atomic E-state index is 11.5. The summed E-state index contributed by atoms with van der Waals surface area (Å²) >= 11 is 2.95. The minimum atomic E-state index is -3.85. The molecular weight excluding hydrogens is 330 g/mol. The van der Waals surface area contributed by atoms with E-state index in [2.05, 4.69) is 15.9 Å². The first-order valence-corrected chi connectivity index (χ1v) is 7.18. The molecule has 0 bridgehead atoms. The highest BCUT2D eigenvalue weighted by atomic mass is 79.9. The third kappa shape index (κ3) is 3.77. The number of carboxylic acids is 1. The minimum Gasteiger partial charge on any atom is -0.480 e. The molecule has 0 saturated heterocycles. The van der Waals surface area contributed by atoms with E-state index < -0.39 is 32.2 Å². The monoisotopic (exact) mass is 337 g/mol. The molecule has 0 spiro atoms. The molecule has 0 fully saturated rings. The molecule has 0 heterocycles. The number of hydrogen-bond acceptors (Lipinski definition) is 5. The van der Waals surface area contributed by atoms with Crippen LogP contribution in [0.25, 0.3) is 0 Å². The summed E-state index contributed by atoms with van der Waals surface area (Å²) in [5.74, 6) is -3.04. The molecule has 0 aromatic heterocycles. The number of aliphatic carboxylic acids is 1. The molecule has 0 aliphatic heterocycles. The molecule has 1 N–H and O–H groups in total. The van der Waals surface area contributed by atoms with Crippen molar-refractivity contribution in [2.24, 2.45) is 0 Å². The lowest BCUT2D eigenvalue weighted by Crippen LogP contribution is -2.17. The second-order valence-corrected chi connectivity index (χ2v) is 6.29. The molecule has 1 aromatic rings. The molecule has 18 heavy (non-hydrogen) atoms. The zero-order valence-corrected chi connectivity index (χ0v) is 11.3. The summed E-state index contributed by atoms with van der Waals surface area (Å²) in [5, 5.41) is 19.1. The van der Waals surface area contributed by atoms with Crippen molar-refractivity contribution >= 4 is 37.4 Å². The molecule has 0 unspecified atom stereocenters. The Balaban J connectivity index is 3.10. The van der Waals surface area contributed by atoms with Crippen LogP contribution in [0.4, 0.5) is 5.69 Å². The third-order valence-electron chi connectivity index (χ3n) is 1.97. The molecule has 98 valence electrons. The van der Waals surface area contributed by atoms with Gasteiger partial charge in [-0.3, -0.25) is 14.9 Å². The van der Waals surface area contributed by atoms with Crippen LogP contribution >= 0.6 is 15.9 Å². The average Bonchev–Trinajstić information content (AvgIpc) is 2.18. The van der Waals surface area contributed by atoms with Gasteiger partial charge in [0.05, 0.1) is 15.1 Å². The van der Waals surface area contributed by atoms with Gasteiger partial charge in [0.1, 0.15) is 5.75 Å². The minimum absolute atomic E-state index is 0.0453. The topological polar surface area (TPSA) is 115 Å². The predicted octanol–water partition coefficient (Wildman–Crippen LogP) is 1.36. The number of halogens is 1. The van der Waals surface area contributed by atoms with E-state index in [1.165, 1.54) is 18.2 Å². The number of nitro benzene ring substituents is 1. The zero-order chi connectivity index (χ0) is 13.9. The normalized spacial score (nSPS) is 11.2. The first-order valence-electron chi connectivity index (χ1n) is 4.57. The SMILES string of the molecule is O=C(O)CS(=O)(=O)Cc1cccc([N+](=O)[O-])c1Br. The van der Waals surface area contributed by atoms with Crippen LogP contribution in [-0.4, -0.2) is 30.2 Å². The van der Waals surface area contributed by atoms with Gasteiger partial charge in [-0.1, -0.05) is 12.1 Å². The Hall–Kier alpha value is -1.48. The number of carboxylic acid groups (broad SMARTS) is 1. The van der Waals surface area contributed by atoms with Crippen molar-refractivity contribution < 1.29 is 23.2 Å². The van der Waals surface area contributed by atoms with Crippen molar-refractivity contribution in [2.75, 3.05) is 5.75 Å². The van der Waals surface area contributed by atoms with Gasteiger partial charge in [0.15, 0.2) is 9.84 Å². The van der Waals surface area contributed by atoms with Crippen molar-refractivity contribution in [3.63, 3.8) is 0 Å². The van der Waals surface area contributed by atoms with Gasteiger partial charge in [0, 0.05) is 6.07 Å². The van der Waals surface area contributed by atoms with Gasteiger partial charge in [-0.15, -0.1) is 0 Å². The smallest absolute Gasteiger partial charge is 0.318 e. The van der Waals surface area contributed by atoms with E-state index in [9.17, 15) is 23.3 Å². The first-order chi connectivity index (χ1) is 8.23. The molecule has 0 radical (unpaired) electrons. The standard InChI is InChI=1S/C9H8BrNO6S/c10-9-6(2-1-3-7(9)11(14)15)4-18(16,17)5-8(12)13/h1-3H,4-5H2,(H,12,13).